The Morgan fingerprint density at radius 3 is 1.93 bits per heavy atom. The summed E-state index contributed by atoms with van der Waals surface area (Å²) in [4.78, 5) is 27.1. The zero-order valence-corrected chi connectivity index (χ0v) is 17.3. The number of allylic oxidation sites excluding steroid dienone is 2. The van der Waals surface area contributed by atoms with Crippen molar-refractivity contribution < 1.29 is 14.3 Å². The van der Waals surface area contributed by atoms with Crippen LogP contribution in [0.3, 0.4) is 0 Å². The van der Waals surface area contributed by atoms with Gasteiger partial charge in [-0.1, -0.05) is 60.7 Å². The summed E-state index contributed by atoms with van der Waals surface area (Å²) >= 11 is 1.75. The van der Waals surface area contributed by atoms with E-state index in [0.717, 1.165) is 22.3 Å². The van der Waals surface area contributed by atoms with Crippen LogP contribution in [0.5, 0.6) is 0 Å². The molecule has 0 saturated carbocycles. The zero-order chi connectivity index (χ0) is 20.4. The number of rotatable bonds is 2. The van der Waals surface area contributed by atoms with Crippen molar-refractivity contribution in [1.29, 1.82) is 0 Å². The quantitative estimate of drug-likeness (QED) is 0.520. The van der Waals surface area contributed by atoms with Crippen LogP contribution in [-0.4, -0.2) is 16.7 Å². The molecule has 3 nitrogen and oxygen atoms in total. The molecule has 0 N–H and O–H groups in total. The number of carbonyl (C=O) groups excluding carboxylic acids is 2. The molecule has 5 rings (SSSR count). The van der Waals surface area contributed by atoms with E-state index in [1.54, 1.807) is 11.8 Å². The zero-order valence-electron chi connectivity index (χ0n) is 16.5. The van der Waals surface area contributed by atoms with E-state index in [9.17, 15) is 9.59 Å². The molecule has 0 bridgehead atoms. The summed E-state index contributed by atoms with van der Waals surface area (Å²) in [5.41, 5.74) is 3.91. The first kappa shape index (κ1) is 18.2. The van der Waals surface area contributed by atoms with E-state index in [0.29, 0.717) is 11.1 Å². The van der Waals surface area contributed by atoms with Gasteiger partial charge in [0.1, 0.15) is 0 Å². The topological polar surface area (TPSA) is 43.4 Å². The lowest BCUT2D eigenvalue weighted by Gasteiger charge is -2.51. The molecule has 4 heteroatoms. The fourth-order valence-corrected chi connectivity index (χ4v) is 6.95. The smallest absolute Gasteiger partial charge is 0.346 e. The SMILES string of the molecule is CC1=CC2=C(C)C3=C(C(=O)OC3=O)C(c3ccccc3)(c3ccccc3)C2(C)S1. The number of cyclic esters (lactones) is 2. The highest BCUT2D eigenvalue weighted by Gasteiger charge is 2.64. The predicted octanol–water partition coefficient (Wildman–Crippen LogP) is 5.09. The Kier molecular flexibility index (Phi) is 3.81. The molecular formula is C25H20O3S. The molecule has 29 heavy (non-hydrogen) atoms. The summed E-state index contributed by atoms with van der Waals surface area (Å²) < 4.78 is 4.70. The maximum Gasteiger partial charge on any atom is 0.346 e. The maximum atomic E-state index is 13.2. The van der Waals surface area contributed by atoms with Crippen LogP contribution in [0, 0.1) is 0 Å². The van der Waals surface area contributed by atoms with E-state index in [1.807, 2.05) is 67.6 Å². The summed E-state index contributed by atoms with van der Waals surface area (Å²) in [5.74, 6) is -1.08. The summed E-state index contributed by atoms with van der Waals surface area (Å²) in [6, 6.07) is 20.1. The Labute approximate surface area is 174 Å². The number of benzene rings is 2. The molecule has 2 heterocycles. The summed E-state index contributed by atoms with van der Waals surface area (Å²) in [7, 11) is 0. The van der Waals surface area contributed by atoms with Gasteiger partial charge in [0, 0.05) is 0 Å². The van der Waals surface area contributed by atoms with Gasteiger partial charge in [-0.3, -0.25) is 0 Å². The molecule has 0 fully saturated rings. The van der Waals surface area contributed by atoms with Crippen molar-refractivity contribution in [3.05, 3.63) is 105 Å². The van der Waals surface area contributed by atoms with Gasteiger partial charge in [-0.25, -0.2) is 9.59 Å². The number of carbonyl (C=O) groups is 2. The highest BCUT2D eigenvalue weighted by Crippen LogP contribution is 2.66. The highest BCUT2D eigenvalue weighted by molar-refractivity contribution is 8.05. The van der Waals surface area contributed by atoms with E-state index in [4.69, 9.17) is 4.74 Å². The van der Waals surface area contributed by atoms with Crippen LogP contribution in [0.4, 0.5) is 0 Å². The third-order valence-corrected chi connectivity index (χ3v) is 7.73. The van der Waals surface area contributed by atoms with Gasteiger partial charge in [0.25, 0.3) is 0 Å². The van der Waals surface area contributed by atoms with Gasteiger partial charge in [0.15, 0.2) is 0 Å². The minimum atomic E-state index is -0.845. The lowest BCUT2D eigenvalue weighted by Crippen LogP contribution is -2.53. The number of esters is 2. The van der Waals surface area contributed by atoms with Crippen molar-refractivity contribution in [2.24, 2.45) is 0 Å². The summed E-state index contributed by atoms with van der Waals surface area (Å²) in [5, 5.41) is 0. The molecule has 2 aromatic carbocycles. The molecule has 2 aliphatic heterocycles. The maximum absolute atomic E-state index is 13.2. The van der Waals surface area contributed by atoms with Crippen molar-refractivity contribution >= 4 is 23.7 Å². The monoisotopic (exact) mass is 400 g/mol. The van der Waals surface area contributed by atoms with Gasteiger partial charge in [-0.2, -0.15) is 0 Å². The average Bonchev–Trinajstić information content (AvgIpc) is 3.20. The molecule has 1 atom stereocenters. The second-order valence-electron chi connectivity index (χ2n) is 7.84. The first-order valence-corrected chi connectivity index (χ1v) is 10.4. The third kappa shape index (κ3) is 2.15. The summed E-state index contributed by atoms with van der Waals surface area (Å²) in [6.07, 6.45) is 2.15. The highest BCUT2D eigenvalue weighted by atomic mass is 32.2. The predicted molar refractivity (Wildman–Crippen MR) is 114 cm³/mol. The fraction of sp³-hybridized carbons (Fsp3) is 0.200. The van der Waals surface area contributed by atoms with Crippen molar-refractivity contribution in [3.8, 4) is 0 Å². The van der Waals surface area contributed by atoms with Crippen LogP contribution in [0.25, 0.3) is 0 Å². The molecule has 1 aliphatic carbocycles. The molecule has 2 aromatic rings. The number of hydrogen-bond acceptors (Lipinski definition) is 4. The van der Waals surface area contributed by atoms with E-state index in [2.05, 4.69) is 19.9 Å². The van der Waals surface area contributed by atoms with Gasteiger partial charge in [-0.05, 0) is 54.0 Å². The van der Waals surface area contributed by atoms with Crippen LogP contribution >= 0.6 is 11.8 Å². The largest absolute Gasteiger partial charge is 0.386 e. The van der Waals surface area contributed by atoms with Crippen LogP contribution < -0.4 is 0 Å². The second kappa shape index (κ2) is 6.07. The van der Waals surface area contributed by atoms with Crippen molar-refractivity contribution in [2.45, 2.75) is 30.9 Å². The molecule has 0 spiro atoms. The Morgan fingerprint density at radius 1 is 0.828 bits per heavy atom. The second-order valence-corrected chi connectivity index (χ2v) is 9.50. The minimum absolute atomic E-state index is 0.418. The van der Waals surface area contributed by atoms with Gasteiger partial charge in [-0.15, -0.1) is 11.8 Å². The number of fused-ring (bicyclic) bond motifs is 1. The Balaban J connectivity index is 2.00. The fourth-order valence-electron chi connectivity index (χ4n) is 5.32. The van der Waals surface area contributed by atoms with Gasteiger partial charge < -0.3 is 4.74 Å². The van der Waals surface area contributed by atoms with E-state index < -0.39 is 22.1 Å². The van der Waals surface area contributed by atoms with Crippen molar-refractivity contribution in [2.75, 3.05) is 0 Å². The lowest BCUT2D eigenvalue weighted by atomic mass is 9.55. The first-order chi connectivity index (χ1) is 13.9. The van der Waals surface area contributed by atoms with Gasteiger partial charge in [0.05, 0.1) is 21.3 Å². The number of ether oxygens (including phenoxy) is 1. The van der Waals surface area contributed by atoms with E-state index >= 15 is 0 Å². The number of hydrogen-bond donors (Lipinski definition) is 0. The van der Waals surface area contributed by atoms with Crippen LogP contribution in [0.15, 0.2) is 93.9 Å². The normalized spacial score (nSPS) is 25.0. The molecule has 0 saturated heterocycles. The number of thioether (sulfide) groups is 1. The molecule has 0 amide bonds. The Bertz CT molecular complexity index is 1120. The average molecular weight is 400 g/mol. The molecule has 3 aliphatic rings. The van der Waals surface area contributed by atoms with Gasteiger partial charge in [0.2, 0.25) is 0 Å². The van der Waals surface area contributed by atoms with E-state index in [-0.39, 0.29) is 0 Å². The molecule has 144 valence electrons. The van der Waals surface area contributed by atoms with Crippen LogP contribution in [0.2, 0.25) is 0 Å². The van der Waals surface area contributed by atoms with Gasteiger partial charge >= 0.3 is 11.9 Å². The van der Waals surface area contributed by atoms with Crippen LogP contribution in [0.1, 0.15) is 31.9 Å². The minimum Gasteiger partial charge on any atom is -0.386 e. The Hall–Kier alpha value is -2.85. The molecule has 0 aromatic heterocycles. The van der Waals surface area contributed by atoms with Crippen LogP contribution in [-0.2, 0) is 19.7 Å². The van der Waals surface area contributed by atoms with Crippen molar-refractivity contribution in [1.82, 2.24) is 0 Å². The Morgan fingerprint density at radius 2 is 1.38 bits per heavy atom. The van der Waals surface area contributed by atoms with E-state index in [1.165, 1.54) is 4.91 Å². The third-order valence-electron chi connectivity index (χ3n) is 6.35. The molecular weight excluding hydrogens is 380 g/mol. The first-order valence-electron chi connectivity index (χ1n) is 9.62. The lowest BCUT2D eigenvalue weighted by molar-refractivity contribution is -0.151. The summed E-state index contributed by atoms with van der Waals surface area (Å²) in [6.45, 7) is 6.20. The molecule has 1 unspecified atom stereocenters. The standard InChI is InChI=1S/C25H20O3S/c1-15-14-19-16(2)20-21(23(27)28-22(20)26)25(24(19,3)29-15,17-10-6-4-7-11-17)18-12-8-5-9-13-18/h4-14H,1-3H3. The van der Waals surface area contributed by atoms with Crippen molar-refractivity contribution in [3.63, 3.8) is 0 Å². The molecule has 0 radical (unpaired) electrons.